The Morgan fingerprint density at radius 3 is 2.14 bits per heavy atom. The van der Waals surface area contributed by atoms with Gasteiger partial charge in [-0.25, -0.2) is 4.98 Å². The molecule has 3 aliphatic heterocycles. The lowest BCUT2D eigenvalue weighted by Gasteiger charge is -2.46. The van der Waals surface area contributed by atoms with E-state index in [9.17, 15) is 9.59 Å². The lowest BCUT2D eigenvalue weighted by Crippen LogP contribution is -2.49. The molecular formula is C36H44N4O2. The molecule has 6 nitrogen and oxygen atoms in total. The number of nitrogens with zero attached hydrogens (tertiary/aromatic N) is 4. The molecule has 0 spiro atoms. The lowest BCUT2D eigenvalue weighted by atomic mass is 9.70. The zero-order valence-electron chi connectivity index (χ0n) is 24.8. The Bertz CT molecular complexity index is 1450. The van der Waals surface area contributed by atoms with Crippen LogP contribution in [-0.2, 0) is 21.4 Å². The molecule has 1 aromatic heterocycles. The number of benzene rings is 2. The van der Waals surface area contributed by atoms with Crippen LogP contribution in [0.1, 0.15) is 88.1 Å². The van der Waals surface area contributed by atoms with Crippen molar-refractivity contribution in [2.45, 2.75) is 101 Å². The van der Waals surface area contributed by atoms with E-state index in [-0.39, 0.29) is 11.3 Å². The van der Waals surface area contributed by atoms with E-state index in [1.54, 1.807) is 0 Å². The molecule has 1 amide bonds. The van der Waals surface area contributed by atoms with Gasteiger partial charge in [0.2, 0.25) is 5.91 Å². The highest BCUT2D eigenvalue weighted by atomic mass is 16.2. The SMILES string of the molecule is O=C(Cc1nc2ccccc2n1C1CC2CCC(C1)N2CCC1(c2ccccc2)CCN(C(=O)C2CC2)CC1)C1CC1. The predicted octanol–water partition coefficient (Wildman–Crippen LogP) is 6.09. The number of imidazole rings is 1. The van der Waals surface area contributed by atoms with E-state index >= 15 is 0 Å². The third kappa shape index (κ3) is 4.90. The van der Waals surface area contributed by atoms with Crippen LogP contribution in [-0.4, -0.2) is 62.8 Å². The van der Waals surface area contributed by atoms with Crippen LogP contribution in [0.4, 0.5) is 0 Å². The molecule has 0 radical (unpaired) electrons. The van der Waals surface area contributed by atoms with Crippen molar-refractivity contribution in [1.82, 2.24) is 19.4 Å². The fourth-order valence-electron chi connectivity index (χ4n) is 8.71. The van der Waals surface area contributed by atoms with Crippen LogP contribution < -0.4 is 0 Å². The van der Waals surface area contributed by atoms with Crippen LogP contribution in [0.25, 0.3) is 11.0 Å². The Morgan fingerprint density at radius 2 is 1.45 bits per heavy atom. The number of aromatic nitrogens is 2. The normalized spacial score (nSPS) is 27.4. The van der Waals surface area contributed by atoms with Crippen LogP contribution in [0, 0.1) is 11.8 Å². The number of para-hydroxylation sites is 2. The summed E-state index contributed by atoms with van der Waals surface area (Å²) < 4.78 is 2.47. The van der Waals surface area contributed by atoms with E-state index in [0.29, 0.717) is 42.2 Å². The van der Waals surface area contributed by atoms with E-state index in [4.69, 9.17) is 4.98 Å². The second-order valence-electron chi connectivity index (χ2n) is 14.0. The second-order valence-corrected chi connectivity index (χ2v) is 14.0. The molecule has 2 unspecified atom stereocenters. The standard InChI is InChI=1S/C36H44N4O2/c41-33(25-10-11-25)24-34-37-31-8-4-5-9-32(31)40(34)30-22-28-14-15-29(23-30)39(28)21-18-36(27-6-2-1-3-7-27)16-19-38(20-17-36)35(42)26-12-13-26/h1-9,25-26,28-30H,10-24H2. The predicted molar refractivity (Wildman–Crippen MR) is 164 cm³/mol. The Balaban J connectivity index is 0.995. The summed E-state index contributed by atoms with van der Waals surface area (Å²) in [6, 6.07) is 21.2. The van der Waals surface area contributed by atoms with Crippen LogP contribution >= 0.6 is 0 Å². The molecule has 6 heteroatoms. The van der Waals surface area contributed by atoms with Crippen LogP contribution in [0.15, 0.2) is 54.6 Å². The topological polar surface area (TPSA) is 58.4 Å². The number of hydrogen-bond acceptors (Lipinski definition) is 4. The largest absolute Gasteiger partial charge is 0.342 e. The third-order valence-electron chi connectivity index (χ3n) is 11.5. The minimum atomic E-state index is 0.148. The molecule has 3 aromatic rings. The van der Waals surface area contributed by atoms with E-state index in [0.717, 1.165) is 88.8 Å². The summed E-state index contributed by atoms with van der Waals surface area (Å²) in [5, 5.41) is 0. The number of rotatable bonds is 9. The maximum atomic E-state index is 12.9. The van der Waals surface area contributed by atoms with Gasteiger partial charge in [0.15, 0.2) is 0 Å². The van der Waals surface area contributed by atoms with Crippen molar-refractivity contribution in [3.63, 3.8) is 0 Å². The van der Waals surface area contributed by atoms with Gasteiger partial charge in [0.25, 0.3) is 0 Å². The Labute approximate surface area is 249 Å². The second kappa shape index (κ2) is 10.6. The third-order valence-corrected chi connectivity index (χ3v) is 11.5. The minimum absolute atomic E-state index is 0.148. The molecular weight excluding hydrogens is 520 g/mol. The number of Topliss-reactive ketones (excluding diaryl/α,β-unsaturated/α-hetero) is 1. The summed E-state index contributed by atoms with van der Waals surface area (Å²) in [6.45, 7) is 2.93. The molecule has 42 heavy (non-hydrogen) atoms. The van der Waals surface area contributed by atoms with Gasteiger partial charge < -0.3 is 9.47 Å². The number of fused-ring (bicyclic) bond motifs is 3. The molecule has 2 saturated carbocycles. The fraction of sp³-hybridized carbons (Fsp3) is 0.583. The number of ketones is 1. The molecule has 2 aromatic carbocycles. The van der Waals surface area contributed by atoms with Gasteiger partial charge in [-0.15, -0.1) is 0 Å². The van der Waals surface area contributed by atoms with Gasteiger partial charge in [-0.3, -0.25) is 14.5 Å². The molecule has 4 heterocycles. The van der Waals surface area contributed by atoms with Crippen molar-refractivity contribution in [1.29, 1.82) is 0 Å². The summed E-state index contributed by atoms with van der Waals surface area (Å²) in [5.41, 5.74) is 3.83. The van der Waals surface area contributed by atoms with Crippen molar-refractivity contribution < 1.29 is 9.59 Å². The first-order valence-electron chi connectivity index (χ1n) is 16.7. The van der Waals surface area contributed by atoms with Crippen molar-refractivity contribution >= 4 is 22.7 Å². The quantitative estimate of drug-likeness (QED) is 0.316. The van der Waals surface area contributed by atoms with Crippen molar-refractivity contribution in [2.24, 2.45) is 11.8 Å². The average Bonchev–Trinajstić information content (AvgIpc) is 3.95. The summed E-state index contributed by atoms with van der Waals surface area (Å²) >= 11 is 0. The van der Waals surface area contributed by atoms with E-state index < -0.39 is 0 Å². The zero-order chi connectivity index (χ0) is 28.3. The first kappa shape index (κ1) is 26.6. The molecule has 0 N–H and O–H groups in total. The highest BCUT2D eigenvalue weighted by Crippen LogP contribution is 2.46. The molecule has 2 aliphatic carbocycles. The summed E-state index contributed by atoms with van der Waals surface area (Å²) in [7, 11) is 0. The summed E-state index contributed by atoms with van der Waals surface area (Å²) in [5.74, 6) is 2.35. The first-order chi connectivity index (χ1) is 20.6. The molecule has 8 rings (SSSR count). The number of piperidine rings is 2. The minimum Gasteiger partial charge on any atom is -0.342 e. The zero-order valence-corrected chi connectivity index (χ0v) is 24.8. The van der Waals surface area contributed by atoms with Crippen LogP contribution in [0.3, 0.4) is 0 Å². The van der Waals surface area contributed by atoms with Gasteiger partial charge in [0, 0.05) is 43.1 Å². The Morgan fingerprint density at radius 1 is 0.786 bits per heavy atom. The van der Waals surface area contributed by atoms with Crippen molar-refractivity contribution in [2.75, 3.05) is 19.6 Å². The van der Waals surface area contributed by atoms with Gasteiger partial charge in [-0.1, -0.05) is 42.5 Å². The van der Waals surface area contributed by atoms with Gasteiger partial charge in [-0.05, 0) is 100 Å². The molecule has 2 atom stereocenters. The monoisotopic (exact) mass is 564 g/mol. The van der Waals surface area contributed by atoms with E-state index in [1.165, 1.54) is 23.9 Å². The van der Waals surface area contributed by atoms with E-state index in [2.05, 4.69) is 69.0 Å². The highest BCUT2D eigenvalue weighted by Gasteiger charge is 2.45. The average molecular weight is 565 g/mol. The Kier molecular flexibility index (Phi) is 6.73. The lowest BCUT2D eigenvalue weighted by molar-refractivity contribution is -0.134. The van der Waals surface area contributed by atoms with Gasteiger partial charge >= 0.3 is 0 Å². The molecule has 3 saturated heterocycles. The Hall–Kier alpha value is -2.99. The van der Waals surface area contributed by atoms with Gasteiger partial charge in [0.1, 0.15) is 11.6 Å². The summed E-state index contributed by atoms with van der Waals surface area (Å²) in [6.07, 6.45) is 12.9. The number of carbonyl (C=O) groups is 2. The molecule has 5 aliphatic rings. The highest BCUT2D eigenvalue weighted by molar-refractivity contribution is 5.86. The number of likely N-dealkylation sites (tertiary alicyclic amines) is 1. The van der Waals surface area contributed by atoms with Crippen molar-refractivity contribution in [3.05, 3.63) is 66.0 Å². The molecule has 2 bridgehead atoms. The fourth-order valence-corrected chi connectivity index (χ4v) is 8.71. The summed E-state index contributed by atoms with van der Waals surface area (Å²) in [4.78, 5) is 35.7. The maximum Gasteiger partial charge on any atom is 0.225 e. The van der Waals surface area contributed by atoms with Crippen molar-refractivity contribution in [3.8, 4) is 0 Å². The smallest absolute Gasteiger partial charge is 0.225 e. The number of amides is 1. The van der Waals surface area contributed by atoms with Gasteiger partial charge in [-0.2, -0.15) is 0 Å². The van der Waals surface area contributed by atoms with Crippen LogP contribution in [0.2, 0.25) is 0 Å². The van der Waals surface area contributed by atoms with E-state index in [1.807, 2.05) is 0 Å². The number of carbonyl (C=O) groups excluding carboxylic acids is 2. The maximum absolute atomic E-state index is 12.9. The van der Waals surface area contributed by atoms with Crippen LogP contribution in [0.5, 0.6) is 0 Å². The molecule has 5 fully saturated rings. The number of hydrogen-bond donors (Lipinski definition) is 0. The first-order valence-corrected chi connectivity index (χ1v) is 16.7. The van der Waals surface area contributed by atoms with Gasteiger partial charge in [0.05, 0.1) is 17.5 Å². The molecule has 220 valence electrons.